The molecule has 0 saturated heterocycles. The summed E-state index contributed by atoms with van der Waals surface area (Å²) >= 11 is 0. The molecule has 0 amide bonds. The van der Waals surface area contributed by atoms with Crippen LogP contribution in [-0.2, 0) is 10.0 Å². The lowest BCUT2D eigenvalue weighted by atomic mass is 10.2. The molecule has 6 nitrogen and oxygen atoms in total. The lowest BCUT2D eigenvalue weighted by Crippen LogP contribution is -2.28. The molecule has 1 fully saturated rings. The summed E-state index contributed by atoms with van der Waals surface area (Å²) in [5.74, 6) is -1.83. The predicted octanol–water partition coefficient (Wildman–Crippen LogP) is 1.17. The second kappa shape index (κ2) is 4.21. The van der Waals surface area contributed by atoms with E-state index in [-0.39, 0.29) is 16.4 Å². The minimum atomic E-state index is -3.77. The number of carboxylic acids is 1. The van der Waals surface area contributed by atoms with Crippen LogP contribution in [0.15, 0.2) is 23.1 Å². The van der Waals surface area contributed by atoms with Gasteiger partial charge in [-0.2, -0.15) is 0 Å². The number of aromatic carboxylic acids is 1. The highest BCUT2D eigenvalue weighted by atomic mass is 32.2. The van der Waals surface area contributed by atoms with Gasteiger partial charge in [-0.3, -0.25) is 0 Å². The number of hydrogen-bond acceptors (Lipinski definition) is 4. The molecule has 1 saturated carbocycles. The first-order chi connectivity index (χ1) is 8.63. The van der Waals surface area contributed by atoms with Crippen molar-refractivity contribution in [2.75, 3.05) is 0 Å². The van der Waals surface area contributed by atoms with Gasteiger partial charge in [-0.15, -0.1) is 0 Å². The smallest absolute Gasteiger partial charge is 0.339 e. The number of rotatable bonds is 4. The minimum Gasteiger partial charge on any atom is -0.507 e. The molecule has 1 aliphatic rings. The van der Waals surface area contributed by atoms with Crippen molar-refractivity contribution in [1.29, 1.82) is 0 Å². The van der Waals surface area contributed by atoms with Crippen molar-refractivity contribution in [3.05, 3.63) is 23.8 Å². The van der Waals surface area contributed by atoms with Crippen LogP contribution in [0.25, 0.3) is 0 Å². The largest absolute Gasteiger partial charge is 0.507 e. The van der Waals surface area contributed by atoms with E-state index in [0.717, 1.165) is 18.6 Å². The molecular formula is C12H15NO5S. The van der Waals surface area contributed by atoms with E-state index in [4.69, 9.17) is 5.11 Å². The van der Waals surface area contributed by atoms with Crippen molar-refractivity contribution >= 4 is 16.0 Å². The minimum absolute atomic E-state index is 0.0698. The van der Waals surface area contributed by atoms with Gasteiger partial charge in [0.25, 0.3) is 0 Å². The number of aromatic hydroxyl groups is 1. The summed E-state index contributed by atoms with van der Waals surface area (Å²) in [5.41, 5.74) is -0.502. The number of carbonyl (C=O) groups is 1. The third-order valence-corrected chi connectivity index (χ3v) is 4.79. The van der Waals surface area contributed by atoms with E-state index in [0.29, 0.717) is 0 Å². The monoisotopic (exact) mass is 285 g/mol. The summed E-state index contributed by atoms with van der Waals surface area (Å²) in [7, 11) is -3.77. The summed E-state index contributed by atoms with van der Waals surface area (Å²) in [6.45, 7) is 3.89. The van der Waals surface area contributed by atoms with Crippen molar-refractivity contribution in [2.45, 2.75) is 31.2 Å². The van der Waals surface area contributed by atoms with Crippen LogP contribution in [-0.4, -0.2) is 30.6 Å². The molecule has 1 aromatic carbocycles. The Balaban J connectivity index is 2.31. The molecule has 0 aromatic heterocycles. The number of carboxylic acid groups (broad SMARTS) is 1. The molecule has 1 unspecified atom stereocenters. The van der Waals surface area contributed by atoms with E-state index in [9.17, 15) is 18.3 Å². The standard InChI is InChI=1S/C12H15NO5S/c1-12(2)6-10(12)13-19(17,18)7-3-4-9(14)8(5-7)11(15)16/h3-5,10,13-14H,6H2,1-2H3,(H,15,16). The van der Waals surface area contributed by atoms with Gasteiger partial charge in [0, 0.05) is 6.04 Å². The van der Waals surface area contributed by atoms with Gasteiger partial charge >= 0.3 is 5.97 Å². The van der Waals surface area contributed by atoms with Gasteiger partial charge in [0.2, 0.25) is 10.0 Å². The fourth-order valence-electron chi connectivity index (χ4n) is 1.78. The van der Waals surface area contributed by atoms with E-state index in [1.165, 1.54) is 6.07 Å². The van der Waals surface area contributed by atoms with E-state index in [2.05, 4.69) is 4.72 Å². The maximum absolute atomic E-state index is 12.1. The van der Waals surface area contributed by atoms with Gasteiger partial charge in [-0.1, -0.05) is 13.8 Å². The summed E-state index contributed by atoms with van der Waals surface area (Å²) in [6, 6.07) is 3.06. The highest BCUT2D eigenvalue weighted by Crippen LogP contribution is 2.45. The molecule has 0 aliphatic heterocycles. The Morgan fingerprint density at radius 1 is 1.42 bits per heavy atom. The van der Waals surface area contributed by atoms with Crippen LogP contribution in [0.5, 0.6) is 5.75 Å². The second-order valence-corrected chi connectivity index (χ2v) is 7.06. The zero-order chi connectivity index (χ0) is 14.4. The van der Waals surface area contributed by atoms with Crippen LogP contribution >= 0.6 is 0 Å². The topological polar surface area (TPSA) is 104 Å². The van der Waals surface area contributed by atoms with Gasteiger partial charge in [-0.25, -0.2) is 17.9 Å². The second-order valence-electron chi connectivity index (χ2n) is 5.35. The molecule has 0 spiro atoms. The Hall–Kier alpha value is -1.60. The van der Waals surface area contributed by atoms with Crippen molar-refractivity contribution in [1.82, 2.24) is 4.72 Å². The van der Waals surface area contributed by atoms with E-state index in [1.807, 2.05) is 13.8 Å². The molecule has 7 heteroatoms. The first kappa shape index (κ1) is 13.8. The molecule has 0 radical (unpaired) electrons. The van der Waals surface area contributed by atoms with Crippen LogP contribution in [0.2, 0.25) is 0 Å². The maximum atomic E-state index is 12.1. The van der Waals surface area contributed by atoms with Gasteiger partial charge in [0.15, 0.2) is 0 Å². The summed E-state index contributed by atoms with van der Waals surface area (Å²) < 4.78 is 26.7. The molecule has 104 valence electrons. The summed E-state index contributed by atoms with van der Waals surface area (Å²) in [6.07, 6.45) is 0.746. The first-order valence-corrected chi connectivity index (χ1v) is 7.20. The van der Waals surface area contributed by atoms with Crippen LogP contribution in [0.1, 0.15) is 30.6 Å². The Kier molecular flexibility index (Phi) is 3.06. The number of hydrogen-bond donors (Lipinski definition) is 3. The van der Waals surface area contributed by atoms with E-state index >= 15 is 0 Å². The summed E-state index contributed by atoms with van der Waals surface area (Å²) in [5, 5.41) is 18.2. The highest BCUT2D eigenvalue weighted by Gasteiger charge is 2.47. The van der Waals surface area contributed by atoms with Crippen LogP contribution in [0.3, 0.4) is 0 Å². The molecule has 0 bridgehead atoms. The molecule has 1 aromatic rings. The Bertz CT molecular complexity index is 636. The Morgan fingerprint density at radius 2 is 2.00 bits per heavy atom. The fraction of sp³-hybridized carbons (Fsp3) is 0.417. The zero-order valence-corrected chi connectivity index (χ0v) is 11.4. The quantitative estimate of drug-likeness (QED) is 0.770. The van der Waals surface area contributed by atoms with Gasteiger partial charge in [0.1, 0.15) is 11.3 Å². The number of phenols is 1. The highest BCUT2D eigenvalue weighted by molar-refractivity contribution is 7.89. The molecule has 2 rings (SSSR count). The number of sulfonamides is 1. The van der Waals surface area contributed by atoms with Crippen molar-refractivity contribution in [2.24, 2.45) is 5.41 Å². The Labute approximate surface area is 111 Å². The Morgan fingerprint density at radius 3 is 2.47 bits per heavy atom. The first-order valence-electron chi connectivity index (χ1n) is 5.72. The number of benzene rings is 1. The number of nitrogens with one attached hydrogen (secondary N) is 1. The van der Waals surface area contributed by atoms with Crippen LogP contribution in [0.4, 0.5) is 0 Å². The summed E-state index contributed by atoms with van der Waals surface area (Å²) in [4.78, 5) is 10.7. The average molecular weight is 285 g/mol. The van der Waals surface area contributed by atoms with Crippen molar-refractivity contribution in [3.8, 4) is 5.75 Å². The molecule has 1 atom stereocenters. The maximum Gasteiger partial charge on any atom is 0.339 e. The van der Waals surface area contributed by atoms with E-state index < -0.39 is 27.3 Å². The van der Waals surface area contributed by atoms with Crippen LogP contribution in [0, 0.1) is 5.41 Å². The molecule has 19 heavy (non-hydrogen) atoms. The lowest BCUT2D eigenvalue weighted by molar-refractivity contribution is 0.0693. The normalized spacial score (nSPS) is 21.1. The van der Waals surface area contributed by atoms with Crippen molar-refractivity contribution < 1.29 is 23.4 Å². The third kappa shape index (κ3) is 2.71. The third-order valence-electron chi connectivity index (χ3n) is 3.32. The van der Waals surface area contributed by atoms with Crippen LogP contribution < -0.4 is 4.72 Å². The molecular weight excluding hydrogens is 270 g/mol. The zero-order valence-electron chi connectivity index (χ0n) is 10.5. The lowest BCUT2D eigenvalue weighted by Gasteiger charge is -2.09. The molecule has 0 heterocycles. The van der Waals surface area contributed by atoms with E-state index in [1.54, 1.807) is 0 Å². The fourth-order valence-corrected chi connectivity index (χ4v) is 3.21. The predicted molar refractivity (Wildman–Crippen MR) is 67.6 cm³/mol. The molecule has 1 aliphatic carbocycles. The van der Waals surface area contributed by atoms with Gasteiger partial charge in [0.05, 0.1) is 4.90 Å². The molecule has 3 N–H and O–H groups in total. The SMILES string of the molecule is CC1(C)CC1NS(=O)(=O)c1ccc(O)c(C(=O)O)c1. The average Bonchev–Trinajstić information content (AvgIpc) is 2.84. The van der Waals surface area contributed by atoms with Gasteiger partial charge in [-0.05, 0) is 30.0 Å². The van der Waals surface area contributed by atoms with Crippen molar-refractivity contribution in [3.63, 3.8) is 0 Å². The van der Waals surface area contributed by atoms with Gasteiger partial charge < -0.3 is 10.2 Å².